The van der Waals surface area contributed by atoms with Gasteiger partial charge in [-0.25, -0.2) is 4.98 Å². The molecule has 0 fully saturated rings. The summed E-state index contributed by atoms with van der Waals surface area (Å²) >= 11 is 0. The Morgan fingerprint density at radius 3 is 2.74 bits per heavy atom. The van der Waals surface area contributed by atoms with Gasteiger partial charge in [0.25, 0.3) is 11.8 Å². The molecule has 2 amide bonds. The zero-order chi connectivity index (χ0) is 18.8. The van der Waals surface area contributed by atoms with Crippen molar-refractivity contribution < 1.29 is 9.59 Å². The molecule has 4 heterocycles. The van der Waals surface area contributed by atoms with Crippen LogP contribution in [-0.4, -0.2) is 42.4 Å². The Hall–Kier alpha value is -3.42. The van der Waals surface area contributed by atoms with Crippen molar-refractivity contribution in [3.63, 3.8) is 0 Å². The van der Waals surface area contributed by atoms with Crippen molar-refractivity contribution in [3.8, 4) is 0 Å². The molecule has 0 spiro atoms. The van der Waals surface area contributed by atoms with Crippen LogP contribution >= 0.6 is 0 Å². The van der Waals surface area contributed by atoms with E-state index in [1.165, 1.54) is 0 Å². The Labute approximate surface area is 156 Å². The summed E-state index contributed by atoms with van der Waals surface area (Å²) in [6, 6.07) is 7.05. The van der Waals surface area contributed by atoms with E-state index in [4.69, 9.17) is 0 Å². The van der Waals surface area contributed by atoms with Crippen molar-refractivity contribution in [1.82, 2.24) is 29.3 Å². The predicted octanol–water partition coefficient (Wildman–Crippen LogP) is 1.20. The number of aromatic nitrogens is 4. The van der Waals surface area contributed by atoms with Gasteiger partial charge in [-0.2, -0.15) is 0 Å². The number of amides is 2. The van der Waals surface area contributed by atoms with Crippen LogP contribution in [0, 0.1) is 0 Å². The van der Waals surface area contributed by atoms with Crippen LogP contribution in [0.25, 0.3) is 0 Å². The van der Waals surface area contributed by atoms with Crippen molar-refractivity contribution in [2.24, 2.45) is 7.05 Å². The molecular formula is C19H20N6O2. The lowest BCUT2D eigenvalue weighted by Gasteiger charge is -2.28. The number of nitrogens with one attached hydrogen (secondary N) is 1. The molecule has 0 atom stereocenters. The van der Waals surface area contributed by atoms with Crippen LogP contribution in [0.1, 0.15) is 32.4 Å². The van der Waals surface area contributed by atoms with Crippen molar-refractivity contribution >= 4 is 11.8 Å². The molecule has 1 aliphatic heterocycles. The first-order valence-electron chi connectivity index (χ1n) is 8.75. The topological polar surface area (TPSA) is 85.0 Å². The second kappa shape index (κ2) is 7.06. The SMILES string of the molecule is Cn1cccc1C(=O)NCc1cnc2n1CCN(C(=O)c1ccncc1)C2. The number of aryl methyl sites for hydroxylation is 1. The summed E-state index contributed by atoms with van der Waals surface area (Å²) in [6.07, 6.45) is 6.84. The molecule has 4 rings (SSSR count). The minimum atomic E-state index is -0.122. The van der Waals surface area contributed by atoms with Gasteiger partial charge < -0.3 is 19.4 Å². The number of rotatable bonds is 4. The second-order valence-electron chi connectivity index (χ2n) is 6.47. The molecule has 1 N–H and O–H groups in total. The van der Waals surface area contributed by atoms with Crippen LogP contribution < -0.4 is 5.32 Å². The lowest BCUT2D eigenvalue weighted by Crippen LogP contribution is -2.39. The smallest absolute Gasteiger partial charge is 0.268 e. The number of carbonyl (C=O) groups is 2. The largest absolute Gasteiger partial charge is 0.347 e. The molecule has 8 heteroatoms. The van der Waals surface area contributed by atoms with E-state index in [0.29, 0.717) is 37.4 Å². The van der Waals surface area contributed by atoms with Crippen LogP contribution in [0.4, 0.5) is 0 Å². The number of fused-ring (bicyclic) bond motifs is 1. The number of imidazole rings is 1. The molecule has 3 aromatic heterocycles. The molecule has 0 aliphatic carbocycles. The Morgan fingerprint density at radius 2 is 2.00 bits per heavy atom. The lowest BCUT2D eigenvalue weighted by atomic mass is 10.2. The van der Waals surface area contributed by atoms with Gasteiger partial charge in [0.15, 0.2) is 0 Å². The van der Waals surface area contributed by atoms with Gasteiger partial charge in [0.1, 0.15) is 11.5 Å². The van der Waals surface area contributed by atoms with E-state index in [2.05, 4.69) is 19.9 Å². The van der Waals surface area contributed by atoms with Crippen LogP contribution in [0.15, 0.2) is 49.1 Å². The monoisotopic (exact) mass is 364 g/mol. The number of hydrogen-bond acceptors (Lipinski definition) is 4. The van der Waals surface area contributed by atoms with E-state index >= 15 is 0 Å². The Kier molecular flexibility index (Phi) is 4.45. The van der Waals surface area contributed by atoms with Crippen molar-refractivity contribution in [3.05, 3.63) is 71.8 Å². The van der Waals surface area contributed by atoms with Crippen LogP contribution in [0.2, 0.25) is 0 Å². The molecular weight excluding hydrogens is 344 g/mol. The van der Waals surface area contributed by atoms with Gasteiger partial charge in [-0.15, -0.1) is 0 Å². The first kappa shape index (κ1) is 17.0. The van der Waals surface area contributed by atoms with Gasteiger partial charge in [0, 0.05) is 44.3 Å². The maximum atomic E-state index is 12.6. The van der Waals surface area contributed by atoms with Gasteiger partial charge in [0.2, 0.25) is 0 Å². The summed E-state index contributed by atoms with van der Waals surface area (Å²) in [5.74, 6) is 0.681. The van der Waals surface area contributed by atoms with E-state index in [1.807, 2.05) is 19.3 Å². The Morgan fingerprint density at radius 1 is 1.19 bits per heavy atom. The molecule has 0 unspecified atom stereocenters. The molecule has 138 valence electrons. The summed E-state index contributed by atoms with van der Waals surface area (Å²) in [7, 11) is 1.84. The Bertz CT molecular complexity index is 975. The average molecular weight is 364 g/mol. The first-order valence-corrected chi connectivity index (χ1v) is 8.75. The summed E-state index contributed by atoms with van der Waals surface area (Å²) in [5.41, 5.74) is 2.17. The van der Waals surface area contributed by atoms with Crippen molar-refractivity contribution in [1.29, 1.82) is 0 Å². The average Bonchev–Trinajstić information content (AvgIpc) is 3.31. The summed E-state index contributed by atoms with van der Waals surface area (Å²) in [5, 5.41) is 2.93. The molecule has 0 bridgehead atoms. The fourth-order valence-corrected chi connectivity index (χ4v) is 3.27. The maximum Gasteiger partial charge on any atom is 0.268 e. The van der Waals surface area contributed by atoms with Crippen LogP contribution in [0.5, 0.6) is 0 Å². The van der Waals surface area contributed by atoms with Gasteiger partial charge in [-0.05, 0) is 24.3 Å². The van der Waals surface area contributed by atoms with Gasteiger partial charge in [-0.1, -0.05) is 0 Å². The highest BCUT2D eigenvalue weighted by molar-refractivity contribution is 5.94. The van der Waals surface area contributed by atoms with E-state index < -0.39 is 0 Å². The van der Waals surface area contributed by atoms with Gasteiger partial charge in [-0.3, -0.25) is 14.6 Å². The predicted molar refractivity (Wildman–Crippen MR) is 97.8 cm³/mol. The molecule has 0 radical (unpaired) electrons. The van der Waals surface area contributed by atoms with Crippen molar-refractivity contribution in [2.45, 2.75) is 19.6 Å². The highest BCUT2D eigenvalue weighted by atomic mass is 16.2. The number of carbonyl (C=O) groups excluding carboxylic acids is 2. The minimum absolute atomic E-state index is 0.0230. The maximum absolute atomic E-state index is 12.6. The van der Waals surface area contributed by atoms with E-state index in [1.54, 1.807) is 46.3 Å². The van der Waals surface area contributed by atoms with E-state index in [-0.39, 0.29) is 11.8 Å². The number of pyridine rings is 1. The molecule has 0 aromatic carbocycles. The van der Waals surface area contributed by atoms with Crippen LogP contribution in [-0.2, 0) is 26.7 Å². The fourth-order valence-electron chi connectivity index (χ4n) is 3.27. The zero-order valence-corrected chi connectivity index (χ0v) is 15.0. The second-order valence-corrected chi connectivity index (χ2v) is 6.47. The number of hydrogen-bond donors (Lipinski definition) is 1. The van der Waals surface area contributed by atoms with Crippen molar-refractivity contribution in [2.75, 3.05) is 6.54 Å². The highest BCUT2D eigenvalue weighted by Gasteiger charge is 2.24. The third-order valence-corrected chi connectivity index (χ3v) is 4.77. The summed E-state index contributed by atoms with van der Waals surface area (Å²) < 4.78 is 3.85. The minimum Gasteiger partial charge on any atom is -0.347 e. The molecule has 3 aromatic rings. The third kappa shape index (κ3) is 3.33. The quantitative estimate of drug-likeness (QED) is 0.754. The molecule has 0 saturated carbocycles. The summed E-state index contributed by atoms with van der Waals surface area (Å²) in [6.45, 7) is 2.10. The molecule has 27 heavy (non-hydrogen) atoms. The highest BCUT2D eigenvalue weighted by Crippen LogP contribution is 2.16. The Balaban J connectivity index is 1.42. The molecule has 1 aliphatic rings. The lowest BCUT2D eigenvalue weighted by molar-refractivity contribution is 0.0706. The fraction of sp³-hybridized carbons (Fsp3) is 0.263. The van der Waals surface area contributed by atoms with Gasteiger partial charge in [0.05, 0.1) is 25.0 Å². The normalized spacial score (nSPS) is 13.3. The zero-order valence-electron chi connectivity index (χ0n) is 15.0. The third-order valence-electron chi connectivity index (χ3n) is 4.77. The van der Waals surface area contributed by atoms with E-state index in [0.717, 1.165) is 11.5 Å². The first-order chi connectivity index (χ1) is 13.1. The summed E-state index contributed by atoms with van der Waals surface area (Å²) in [4.78, 5) is 35.0. The standard InChI is InChI=1S/C19H20N6O2/c1-23-8-2-3-16(23)18(26)22-12-15-11-21-17-13-24(9-10-25(15)17)19(27)14-4-6-20-7-5-14/h2-8,11H,9-10,12-13H2,1H3,(H,22,26). The van der Waals surface area contributed by atoms with Gasteiger partial charge >= 0.3 is 0 Å². The molecule has 0 saturated heterocycles. The number of nitrogens with zero attached hydrogens (tertiary/aromatic N) is 5. The molecule has 8 nitrogen and oxygen atoms in total. The van der Waals surface area contributed by atoms with E-state index in [9.17, 15) is 9.59 Å². The van der Waals surface area contributed by atoms with Crippen LogP contribution in [0.3, 0.4) is 0 Å².